The number of hydrogen-bond acceptors (Lipinski definition) is 13. The molecule has 3 aliphatic carbocycles. The molecule has 296 valence electrons. The fraction of sp³-hybridized carbons (Fsp3) is 0.548. The highest BCUT2D eigenvalue weighted by Gasteiger charge is 2.78. The van der Waals surface area contributed by atoms with Crippen molar-refractivity contribution >= 4 is 41.4 Å². The van der Waals surface area contributed by atoms with Crippen LogP contribution < -0.4 is 0 Å². The van der Waals surface area contributed by atoms with E-state index in [2.05, 4.69) is 0 Å². The van der Waals surface area contributed by atoms with Crippen LogP contribution in [0.2, 0.25) is 0 Å². The molecule has 0 aromatic heterocycles. The predicted octanol–water partition coefficient (Wildman–Crippen LogP) is 5.18. The summed E-state index contributed by atoms with van der Waals surface area (Å²) in [6, 6.07) is 17.7. The average molecular weight is 779 g/mol. The second kappa shape index (κ2) is 15.5. The first-order valence-corrected chi connectivity index (χ1v) is 20.0. The number of aliphatic hydroxyl groups is 1. The maximum absolute atomic E-state index is 15.7. The number of aryl methyl sites for hydroxylation is 1. The zero-order valence-corrected chi connectivity index (χ0v) is 33.1. The molecule has 1 heterocycles. The highest BCUT2D eigenvalue weighted by molar-refractivity contribution is 7.98. The lowest BCUT2D eigenvalue weighted by molar-refractivity contribution is -0.347. The molecule has 0 unspecified atom stereocenters. The molecule has 6 rings (SSSR count). The summed E-state index contributed by atoms with van der Waals surface area (Å²) in [5.41, 5.74) is -5.17. The van der Waals surface area contributed by atoms with Gasteiger partial charge in [0, 0.05) is 38.5 Å². The minimum Gasteiger partial charge on any atom is -0.458 e. The van der Waals surface area contributed by atoms with Crippen LogP contribution in [0.4, 0.5) is 0 Å². The Morgan fingerprint density at radius 3 is 2.16 bits per heavy atom. The van der Waals surface area contributed by atoms with Gasteiger partial charge in [0.15, 0.2) is 17.5 Å². The molecule has 1 aliphatic heterocycles. The van der Waals surface area contributed by atoms with Crippen LogP contribution in [0.5, 0.6) is 0 Å². The number of rotatable bonds is 11. The van der Waals surface area contributed by atoms with Gasteiger partial charge in [-0.25, -0.2) is 4.79 Å². The van der Waals surface area contributed by atoms with Crippen LogP contribution in [-0.2, 0) is 54.0 Å². The van der Waals surface area contributed by atoms with E-state index >= 15 is 4.79 Å². The number of ketones is 1. The quantitative estimate of drug-likeness (QED) is 0.138. The molecule has 2 aromatic rings. The standard InChI is InChI=1S/C42H50O12S/c1-24-29(52-32(45)19-18-27-14-10-8-11-15-27)21-42(48)37(53-38(47)28-16-12-9-13-17-28)35-40(6,36(46)34(51-25(2)43)33(24)39(42,4)5)30(50-23-55-7)20-31-41(35,22-49-31)54-26(3)44/h8-17,29-31,34-35,37,48H,18-23H2,1-7H3/t29-,30-,31+,34+,35-,37-,40+,41-,42+/m0/s1. The highest BCUT2D eigenvalue weighted by Crippen LogP contribution is 2.65. The Balaban J connectivity index is 1.59. The number of thioether (sulfide) groups is 1. The van der Waals surface area contributed by atoms with Crippen LogP contribution >= 0.6 is 11.8 Å². The van der Waals surface area contributed by atoms with Crippen LogP contribution in [0, 0.1) is 16.7 Å². The van der Waals surface area contributed by atoms with Gasteiger partial charge in [-0.1, -0.05) is 62.4 Å². The van der Waals surface area contributed by atoms with Crippen LogP contribution in [0.15, 0.2) is 71.8 Å². The lowest BCUT2D eigenvalue weighted by Crippen LogP contribution is -2.82. The second-order valence-electron chi connectivity index (χ2n) is 15.8. The van der Waals surface area contributed by atoms with Gasteiger partial charge in [-0.2, -0.15) is 0 Å². The largest absolute Gasteiger partial charge is 0.458 e. The van der Waals surface area contributed by atoms with Crippen LogP contribution in [0.3, 0.4) is 0 Å². The van der Waals surface area contributed by atoms with Crippen molar-refractivity contribution < 1.29 is 57.5 Å². The molecule has 4 aliphatic rings. The van der Waals surface area contributed by atoms with E-state index in [1.807, 2.05) is 36.6 Å². The first kappa shape index (κ1) is 40.6. The van der Waals surface area contributed by atoms with Gasteiger partial charge >= 0.3 is 23.9 Å². The molecule has 1 saturated heterocycles. The second-order valence-corrected chi connectivity index (χ2v) is 16.6. The Hall–Kier alpha value is -4.04. The highest BCUT2D eigenvalue weighted by atomic mass is 32.2. The summed E-state index contributed by atoms with van der Waals surface area (Å²) in [7, 11) is 0. The number of carbonyl (C=O) groups excluding carboxylic acids is 5. The van der Waals surface area contributed by atoms with Crippen molar-refractivity contribution in [2.75, 3.05) is 18.8 Å². The van der Waals surface area contributed by atoms with Gasteiger partial charge in [0.25, 0.3) is 0 Å². The first-order chi connectivity index (χ1) is 26.0. The average Bonchev–Trinajstić information content (AvgIpc) is 3.13. The summed E-state index contributed by atoms with van der Waals surface area (Å²) in [5.74, 6) is -4.53. The molecule has 2 bridgehead atoms. The fourth-order valence-electron chi connectivity index (χ4n) is 9.50. The maximum atomic E-state index is 15.7. The lowest BCUT2D eigenvalue weighted by atomic mass is 9.44. The third kappa shape index (κ3) is 7.02. The molecular weight excluding hydrogens is 729 g/mol. The summed E-state index contributed by atoms with van der Waals surface area (Å²) < 4.78 is 37.3. The molecular formula is C42H50O12S. The van der Waals surface area contributed by atoms with Crippen LogP contribution in [0.1, 0.15) is 76.7 Å². The van der Waals surface area contributed by atoms with Gasteiger partial charge in [-0.15, -0.1) is 11.8 Å². The summed E-state index contributed by atoms with van der Waals surface area (Å²) in [5, 5.41) is 13.6. The van der Waals surface area contributed by atoms with Crippen molar-refractivity contribution in [2.24, 2.45) is 16.7 Å². The fourth-order valence-corrected chi connectivity index (χ4v) is 9.80. The van der Waals surface area contributed by atoms with Crippen molar-refractivity contribution in [3.63, 3.8) is 0 Å². The lowest BCUT2D eigenvalue weighted by Gasteiger charge is -2.67. The molecule has 3 fully saturated rings. The first-order valence-electron chi connectivity index (χ1n) is 18.6. The topological polar surface area (TPSA) is 161 Å². The molecule has 55 heavy (non-hydrogen) atoms. The van der Waals surface area contributed by atoms with Gasteiger partial charge in [-0.3, -0.25) is 19.2 Å². The van der Waals surface area contributed by atoms with E-state index in [1.54, 1.807) is 58.0 Å². The number of Topliss-reactive ketones (excluding diaryl/α,β-unsaturated/α-hetero) is 1. The molecule has 13 heteroatoms. The third-order valence-corrected chi connectivity index (χ3v) is 12.6. The Morgan fingerprint density at radius 2 is 1.58 bits per heavy atom. The van der Waals surface area contributed by atoms with E-state index in [-0.39, 0.29) is 42.9 Å². The molecule has 0 amide bonds. The number of fused-ring (bicyclic) bond motifs is 5. The van der Waals surface area contributed by atoms with Crippen molar-refractivity contribution in [3.8, 4) is 0 Å². The van der Waals surface area contributed by atoms with Crippen molar-refractivity contribution in [3.05, 3.63) is 82.9 Å². The van der Waals surface area contributed by atoms with Crippen molar-refractivity contribution in [1.29, 1.82) is 0 Å². The minimum atomic E-state index is -2.14. The Kier molecular flexibility index (Phi) is 11.4. The Morgan fingerprint density at radius 1 is 0.927 bits per heavy atom. The predicted molar refractivity (Wildman–Crippen MR) is 201 cm³/mol. The number of esters is 4. The van der Waals surface area contributed by atoms with E-state index in [0.29, 0.717) is 12.0 Å². The molecule has 0 spiro atoms. The summed E-state index contributed by atoms with van der Waals surface area (Å²) >= 11 is 1.38. The number of hydrogen-bond donors (Lipinski definition) is 1. The molecule has 1 N–H and O–H groups in total. The SMILES string of the molecule is CSCO[C@H]1C[C@H]2OC[C@@]2(OC(C)=O)[C@H]2[C@H](OC(=O)c3ccccc3)[C@]3(O)C[C@H](OC(=O)CCc4ccccc4)C(C)=C([C@@H](OC(C)=O)C(=O)[C@]12C)C3(C)C. The number of ether oxygens (including phenoxy) is 6. The van der Waals surface area contributed by atoms with Crippen molar-refractivity contribution in [1.82, 2.24) is 0 Å². The molecule has 2 saturated carbocycles. The van der Waals surface area contributed by atoms with Crippen LogP contribution in [0.25, 0.3) is 0 Å². The summed E-state index contributed by atoms with van der Waals surface area (Å²) in [6.45, 7) is 8.96. The Bertz CT molecular complexity index is 1840. The van der Waals surface area contributed by atoms with Crippen LogP contribution in [-0.4, -0.2) is 95.3 Å². The summed E-state index contributed by atoms with van der Waals surface area (Å²) in [4.78, 5) is 69.5. The zero-order valence-electron chi connectivity index (χ0n) is 32.3. The minimum absolute atomic E-state index is 0.0212. The van der Waals surface area contributed by atoms with E-state index < -0.39 is 88.1 Å². The van der Waals surface area contributed by atoms with Crippen molar-refractivity contribution in [2.45, 2.75) is 109 Å². The van der Waals surface area contributed by atoms with E-state index in [1.165, 1.54) is 25.6 Å². The van der Waals surface area contributed by atoms with Gasteiger partial charge in [0.05, 0.1) is 35.5 Å². The zero-order chi connectivity index (χ0) is 39.9. The van der Waals surface area contributed by atoms with Gasteiger partial charge in [-0.05, 0) is 55.4 Å². The Labute approximate surface area is 325 Å². The summed E-state index contributed by atoms with van der Waals surface area (Å²) in [6.07, 6.45) is -3.96. The third-order valence-electron chi connectivity index (χ3n) is 12.3. The number of carbonyl (C=O) groups is 5. The van der Waals surface area contributed by atoms with E-state index in [9.17, 15) is 24.3 Å². The molecule has 2 aromatic carbocycles. The smallest absolute Gasteiger partial charge is 0.338 e. The maximum Gasteiger partial charge on any atom is 0.338 e. The molecule has 9 atom stereocenters. The normalized spacial score (nSPS) is 33.4. The molecule has 0 radical (unpaired) electrons. The van der Waals surface area contributed by atoms with Gasteiger partial charge in [0.2, 0.25) is 0 Å². The van der Waals surface area contributed by atoms with E-state index in [0.717, 1.165) is 5.56 Å². The monoisotopic (exact) mass is 778 g/mol. The molecule has 12 nitrogen and oxygen atoms in total. The van der Waals surface area contributed by atoms with E-state index in [4.69, 9.17) is 28.4 Å². The van der Waals surface area contributed by atoms with Gasteiger partial charge < -0.3 is 33.5 Å². The number of benzene rings is 2. The van der Waals surface area contributed by atoms with Gasteiger partial charge in [0.1, 0.15) is 23.9 Å².